The number of anilines is 1. The lowest BCUT2D eigenvalue weighted by Crippen LogP contribution is -2.45. The van der Waals surface area contributed by atoms with E-state index >= 15 is 0 Å². The molecule has 6 heteroatoms. The predicted octanol–water partition coefficient (Wildman–Crippen LogP) is 1.82. The van der Waals surface area contributed by atoms with Crippen molar-refractivity contribution in [3.63, 3.8) is 0 Å². The van der Waals surface area contributed by atoms with Crippen LogP contribution in [0.2, 0.25) is 0 Å². The summed E-state index contributed by atoms with van der Waals surface area (Å²) in [7, 11) is 0. The van der Waals surface area contributed by atoms with Crippen LogP contribution in [0.3, 0.4) is 0 Å². The average Bonchev–Trinajstić information content (AvgIpc) is 2.46. The van der Waals surface area contributed by atoms with E-state index in [0.29, 0.717) is 0 Å². The lowest BCUT2D eigenvalue weighted by atomic mass is 10.0. The number of nitrogens with one attached hydrogen (secondary N) is 1. The van der Waals surface area contributed by atoms with Crippen LogP contribution in [0.25, 0.3) is 0 Å². The van der Waals surface area contributed by atoms with Crippen LogP contribution in [0.1, 0.15) is 18.4 Å². The molecule has 1 fully saturated rings. The Morgan fingerprint density at radius 1 is 1.48 bits per heavy atom. The van der Waals surface area contributed by atoms with E-state index in [9.17, 15) is 9.18 Å². The van der Waals surface area contributed by atoms with E-state index in [2.05, 4.69) is 10.2 Å². The first-order valence-electron chi connectivity index (χ1n) is 7.15. The van der Waals surface area contributed by atoms with Gasteiger partial charge in [-0.15, -0.1) is 0 Å². The molecule has 0 radical (unpaired) electrons. The number of halogens is 1. The Hall–Kier alpha value is -1.82. The fourth-order valence-corrected chi connectivity index (χ4v) is 2.59. The summed E-state index contributed by atoms with van der Waals surface area (Å²) in [6.07, 6.45) is 1.14. The number of hydrogen-bond acceptors (Lipinski definition) is 4. The van der Waals surface area contributed by atoms with Crippen molar-refractivity contribution >= 4 is 11.8 Å². The molecule has 21 heavy (non-hydrogen) atoms. The van der Waals surface area contributed by atoms with E-state index in [-0.39, 0.29) is 25.1 Å². The summed E-state index contributed by atoms with van der Waals surface area (Å²) < 4.78 is 17.9. The predicted molar refractivity (Wildman–Crippen MR) is 77.9 cm³/mol. The minimum absolute atomic E-state index is 0.0133. The number of carbonyl (C=O) groups is 1. The van der Waals surface area contributed by atoms with Crippen molar-refractivity contribution in [1.29, 1.82) is 0 Å². The van der Waals surface area contributed by atoms with E-state index in [1.165, 1.54) is 12.1 Å². The van der Waals surface area contributed by atoms with Crippen LogP contribution >= 0.6 is 0 Å². The Bertz CT molecular complexity index is 488. The lowest BCUT2D eigenvalue weighted by Gasteiger charge is -2.34. The molecule has 1 aromatic carbocycles. The van der Waals surface area contributed by atoms with Crippen molar-refractivity contribution < 1.29 is 19.0 Å². The maximum atomic E-state index is 13.1. The number of aryl methyl sites for hydroxylation is 1. The Labute approximate surface area is 123 Å². The average molecular weight is 296 g/mol. The van der Waals surface area contributed by atoms with Crippen molar-refractivity contribution in [2.75, 3.05) is 31.2 Å². The number of aliphatic hydroxyl groups excluding tert-OH is 1. The van der Waals surface area contributed by atoms with Gasteiger partial charge in [-0.05, 0) is 43.5 Å². The van der Waals surface area contributed by atoms with Crippen LogP contribution in [0.5, 0.6) is 0 Å². The number of rotatable bonds is 4. The molecule has 2 N–H and O–H groups in total. The molecule has 5 nitrogen and oxygen atoms in total. The van der Waals surface area contributed by atoms with Gasteiger partial charge in [0.15, 0.2) is 0 Å². The van der Waals surface area contributed by atoms with Crippen LogP contribution < -0.4 is 10.2 Å². The van der Waals surface area contributed by atoms with Crippen molar-refractivity contribution in [3.8, 4) is 0 Å². The van der Waals surface area contributed by atoms with Gasteiger partial charge in [-0.3, -0.25) is 0 Å². The van der Waals surface area contributed by atoms with Gasteiger partial charge in [0.2, 0.25) is 0 Å². The van der Waals surface area contributed by atoms with Gasteiger partial charge in [0.1, 0.15) is 12.4 Å². The quantitative estimate of drug-likeness (QED) is 0.890. The van der Waals surface area contributed by atoms with Crippen molar-refractivity contribution in [3.05, 3.63) is 29.6 Å². The molecule has 1 saturated heterocycles. The Morgan fingerprint density at radius 3 is 2.81 bits per heavy atom. The molecule has 2 rings (SSSR count). The van der Waals surface area contributed by atoms with Crippen molar-refractivity contribution in [2.45, 2.75) is 25.8 Å². The van der Waals surface area contributed by atoms with E-state index in [0.717, 1.165) is 37.2 Å². The number of ether oxygens (including phenoxy) is 1. The molecule has 0 aromatic heterocycles. The summed E-state index contributed by atoms with van der Waals surface area (Å²) in [6, 6.07) is 4.88. The number of amides is 1. The highest BCUT2D eigenvalue weighted by molar-refractivity contribution is 5.67. The fraction of sp³-hybridized carbons (Fsp3) is 0.533. The summed E-state index contributed by atoms with van der Waals surface area (Å²) in [5, 5.41) is 11.4. The van der Waals surface area contributed by atoms with E-state index in [1.54, 1.807) is 6.07 Å². The molecule has 1 amide bonds. The first-order chi connectivity index (χ1) is 10.1. The second-order valence-electron chi connectivity index (χ2n) is 5.20. The second-order valence-corrected chi connectivity index (χ2v) is 5.20. The summed E-state index contributed by atoms with van der Waals surface area (Å²) in [5.41, 5.74) is 1.96. The second kappa shape index (κ2) is 7.26. The summed E-state index contributed by atoms with van der Waals surface area (Å²) in [4.78, 5) is 13.6. The number of alkyl carbamates (subject to hydrolysis) is 1. The van der Waals surface area contributed by atoms with Crippen LogP contribution in [0, 0.1) is 12.7 Å². The standard InChI is InChI=1S/C15H21FN2O3/c1-11-10-12(16)2-3-14(11)18-6-4-13(5-7-18)17-15(20)21-9-8-19/h2-3,10,13,19H,4-9H2,1H3,(H,17,20). The van der Waals surface area contributed by atoms with Gasteiger partial charge >= 0.3 is 6.09 Å². The topological polar surface area (TPSA) is 61.8 Å². The summed E-state index contributed by atoms with van der Waals surface area (Å²) >= 11 is 0. The molecule has 0 saturated carbocycles. The van der Waals surface area contributed by atoms with Gasteiger partial charge in [-0.2, -0.15) is 0 Å². The molecule has 1 aromatic rings. The molecule has 0 atom stereocenters. The smallest absolute Gasteiger partial charge is 0.407 e. The maximum absolute atomic E-state index is 13.1. The molecule has 0 unspecified atom stereocenters. The maximum Gasteiger partial charge on any atom is 0.407 e. The Morgan fingerprint density at radius 2 is 2.19 bits per heavy atom. The third kappa shape index (κ3) is 4.32. The Kier molecular flexibility index (Phi) is 5.38. The number of nitrogens with zero attached hydrogens (tertiary/aromatic N) is 1. The number of hydrogen-bond donors (Lipinski definition) is 2. The SMILES string of the molecule is Cc1cc(F)ccc1N1CCC(NC(=O)OCCO)CC1. The molecule has 1 aliphatic heterocycles. The van der Waals surface area contributed by atoms with E-state index in [4.69, 9.17) is 9.84 Å². The molecule has 1 aliphatic rings. The minimum atomic E-state index is -0.486. The molecular formula is C15H21FN2O3. The summed E-state index contributed by atoms with van der Waals surface area (Å²) in [6.45, 7) is 3.35. The third-order valence-corrected chi connectivity index (χ3v) is 3.64. The lowest BCUT2D eigenvalue weighted by molar-refractivity contribution is 0.115. The molecule has 1 heterocycles. The zero-order chi connectivity index (χ0) is 15.2. The first kappa shape index (κ1) is 15.6. The molecule has 0 spiro atoms. The number of piperidine rings is 1. The van der Waals surface area contributed by atoms with Crippen LogP contribution in [0.15, 0.2) is 18.2 Å². The van der Waals surface area contributed by atoms with Gasteiger partial charge < -0.3 is 20.1 Å². The van der Waals surface area contributed by atoms with Crippen LogP contribution in [-0.2, 0) is 4.74 Å². The normalized spacial score (nSPS) is 15.9. The fourth-order valence-electron chi connectivity index (χ4n) is 2.59. The monoisotopic (exact) mass is 296 g/mol. The zero-order valence-electron chi connectivity index (χ0n) is 12.1. The largest absolute Gasteiger partial charge is 0.447 e. The first-order valence-corrected chi connectivity index (χ1v) is 7.15. The van der Waals surface area contributed by atoms with Gasteiger partial charge in [0.25, 0.3) is 0 Å². The molecule has 0 bridgehead atoms. The van der Waals surface area contributed by atoms with Gasteiger partial charge in [0.05, 0.1) is 6.61 Å². The van der Waals surface area contributed by atoms with Gasteiger partial charge in [0, 0.05) is 24.8 Å². The van der Waals surface area contributed by atoms with Gasteiger partial charge in [-0.25, -0.2) is 9.18 Å². The molecule has 0 aliphatic carbocycles. The van der Waals surface area contributed by atoms with Crippen LogP contribution in [-0.4, -0.2) is 43.5 Å². The molecular weight excluding hydrogens is 275 g/mol. The van der Waals surface area contributed by atoms with Crippen molar-refractivity contribution in [1.82, 2.24) is 5.32 Å². The minimum Gasteiger partial charge on any atom is -0.447 e. The summed E-state index contributed by atoms with van der Waals surface area (Å²) in [5.74, 6) is -0.223. The highest BCUT2D eigenvalue weighted by atomic mass is 19.1. The van der Waals surface area contributed by atoms with E-state index < -0.39 is 6.09 Å². The highest BCUT2D eigenvalue weighted by Gasteiger charge is 2.22. The van der Waals surface area contributed by atoms with Crippen LogP contribution in [0.4, 0.5) is 14.9 Å². The number of carbonyl (C=O) groups excluding carboxylic acids is 1. The number of aliphatic hydroxyl groups is 1. The van der Waals surface area contributed by atoms with E-state index in [1.807, 2.05) is 6.92 Å². The van der Waals surface area contributed by atoms with Gasteiger partial charge in [-0.1, -0.05) is 0 Å². The third-order valence-electron chi connectivity index (χ3n) is 3.64. The highest BCUT2D eigenvalue weighted by Crippen LogP contribution is 2.24. The van der Waals surface area contributed by atoms with Crippen molar-refractivity contribution in [2.24, 2.45) is 0 Å². The molecule has 116 valence electrons. The Balaban J connectivity index is 1.84. The zero-order valence-corrected chi connectivity index (χ0v) is 12.1. The number of benzene rings is 1.